The van der Waals surface area contributed by atoms with E-state index in [1.807, 2.05) is 18.3 Å². The highest BCUT2D eigenvalue weighted by Gasteiger charge is 2.23. The number of anilines is 1. The topological polar surface area (TPSA) is 25.4 Å². The van der Waals surface area contributed by atoms with Crippen LogP contribution >= 0.6 is 15.9 Å². The molecule has 1 atom stereocenters. The van der Waals surface area contributed by atoms with E-state index in [2.05, 4.69) is 37.9 Å². The molecular formula is C14H15BrN2O. The van der Waals surface area contributed by atoms with Crippen molar-refractivity contribution in [3.63, 3.8) is 0 Å². The molecule has 1 saturated heterocycles. The molecule has 1 aliphatic rings. The lowest BCUT2D eigenvalue weighted by molar-refractivity contribution is 0.121. The van der Waals surface area contributed by atoms with Crippen LogP contribution in [0.3, 0.4) is 0 Å². The molecule has 1 aliphatic heterocycles. The van der Waals surface area contributed by atoms with Gasteiger partial charge in [-0.3, -0.25) is 4.98 Å². The lowest BCUT2D eigenvalue weighted by Crippen LogP contribution is -2.22. The van der Waals surface area contributed by atoms with Crippen molar-refractivity contribution in [3.05, 3.63) is 34.9 Å². The Labute approximate surface area is 115 Å². The molecule has 0 aliphatic carbocycles. The molecule has 1 aromatic heterocycles. The predicted molar refractivity (Wildman–Crippen MR) is 77.1 cm³/mol. The van der Waals surface area contributed by atoms with Crippen LogP contribution in [0.25, 0.3) is 10.9 Å². The molecule has 1 fully saturated rings. The smallest absolute Gasteiger partial charge is 0.0762 e. The summed E-state index contributed by atoms with van der Waals surface area (Å²) in [7, 11) is 1.79. The van der Waals surface area contributed by atoms with E-state index >= 15 is 0 Å². The molecule has 0 radical (unpaired) electrons. The first-order valence-electron chi connectivity index (χ1n) is 6.10. The van der Waals surface area contributed by atoms with Gasteiger partial charge in [0.05, 0.1) is 11.6 Å². The monoisotopic (exact) mass is 306 g/mol. The second kappa shape index (κ2) is 4.86. The summed E-state index contributed by atoms with van der Waals surface area (Å²) < 4.78 is 6.52. The van der Waals surface area contributed by atoms with E-state index in [4.69, 9.17) is 4.74 Å². The number of pyridine rings is 1. The number of methoxy groups -OCH3 is 1. The molecule has 3 nitrogen and oxygen atoms in total. The standard InChI is InChI=1S/C14H15BrN2O/c1-18-11-5-7-17(9-11)14-4-6-16-13-3-2-10(15)8-12(13)14/h2-4,6,8,11H,5,7,9H2,1H3/t11-/m1/s1. The van der Waals surface area contributed by atoms with Crippen LogP contribution in [0.5, 0.6) is 0 Å². The van der Waals surface area contributed by atoms with Gasteiger partial charge in [0.1, 0.15) is 0 Å². The fraction of sp³-hybridized carbons (Fsp3) is 0.357. The average Bonchev–Trinajstić information content (AvgIpc) is 2.86. The molecule has 4 heteroatoms. The molecule has 0 bridgehead atoms. The number of halogens is 1. The van der Waals surface area contributed by atoms with Gasteiger partial charge in [-0.1, -0.05) is 15.9 Å². The van der Waals surface area contributed by atoms with Crippen LogP contribution in [0.4, 0.5) is 5.69 Å². The maximum atomic E-state index is 5.43. The van der Waals surface area contributed by atoms with Crippen LogP contribution in [-0.2, 0) is 4.74 Å². The zero-order valence-electron chi connectivity index (χ0n) is 10.3. The predicted octanol–water partition coefficient (Wildman–Crippen LogP) is 3.22. The fourth-order valence-corrected chi connectivity index (χ4v) is 2.88. The number of hydrogen-bond acceptors (Lipinski definition) is 3. The highest BCUT2D eigenvalue weighted by atomic mass is 79.9. The van der Waals surface area contributed by atoms with Crippen molar-refractivity contribution in [2.75, 3.05) is 25.1 Å². The lowest BCUT2D eigenvalue weighted by atomic mass is 10.2. The number of hydrogen-bond donors (Lipinski definition) is 0. The van der Waals surface area contributed by atoms with Crippen molar-refractivity contribution >= 4 is 32.5 Å². The van der Waals surface area contributed by atoms with E-state index in [1.165, 1.54) is 11.1 Å². The molecule has 0 unspecified atom stereocenters. The van der Waals surface area contributed by atoms with Crippen molar-refractivity contribution in [2.45, 2.75) is 12.5 Å². The summed E-state index contributed by atoms with van der Waals surface area (Å²) in [6.45, 7) is 2.01. The molecule has 0 saturated carbocycles. The van der Waals surface area contributed by atoms with E-state index in [0.717, 1.165) is 29.5 Å². The molecule has 0 N–H and O–H groups in total. The Morgan fingerprint density at radius 1 is 1.39 bits per heavy atom. The maximum absolute atomic E-state index is 5.43. The van der Waals surface area contributed by atoms with E-state index < -0.39 is 0 Å². The summed E-state index contributed by atoms with van der Waals surface area (Å²) >= 11 is 3.53. The van der Waals surface area contributed by atoms with E-state index in [0.29, 0.717) is 6.10 Å². The summed E-state index contributed by atoms with van der Waals surface area (Å²) in [5.41, 5.74) is 2.29. The SMILES string of the molecule is CO[C@@H]1CCN(c2ccnc3ccc(Br)cc23)C1. The fourth-order valence-electron chi connectivity index (χ4n) is 2.52. The molecular weight excluding hydrogens is 292 g/mol. The quantitative estimate of drug-likeness (QED) is 0.852. The Morgan fingerprint density at radius 2 is 2.28 bits per heavy atom. The Bertz CT molecular complexity index is 573. The van der Waals surface area contributed by atoms with Gasteiger partial charge in [0.25, 0.3) is 0 Å². The summed E-state index contributed by atoms with van der Waals surface area (Å²) in [5, 5.41) is 1.20. The van der Waals surface area contributed by atoms with Crippen molar-refractivity contribution < 1.29 is 4.74 Å². The van der Waals surface area contributed by atoms with Gasteiger partial charge in [-0.15, -0.1) is 0 Å². The normalized spacial score (nSPS) is 19.7. The minimum absolute atomic E-state index is 0.348. The van der Waals surface area contributed by atoms with Gasteiger partial charge in [0.15, 0.2) is 0 Å². The summed E-state index contributed by atoms with van der Waals surface area (Å²) in [4.78, 5) is 6.79. The second-order valence-electron chi connectivity index (χ2n) is 4.58. The van der Waals surface area contributed by atoms with Crippen LogP contribution in [-0.4, -0.2) is 31.3 Å². The van der Waals surface area contributed by atoms with Crippen LogP contribution < -0.4 is 4.90 Å². The van der Waals surface area contributed by atoms with Crippen LogP contribution in [0.1, 0.15) is 6.42 Å². The molecule has 18 heavy (non-hydrogen) atoms. The minimum Gasteiger partial charge on any atom is -0.380 e. The third kappa shape index (κ3) is 2.10. The molecule has 3 rings (SSSR count). The molecule has 0 amide bonds. The number of benzene rings is 1. The van der Waals surface area contributed by atoms with Crippen molar-refractivity contribution in [3.8, 4) is 0 Å². The van der Waals surface area contributed by atoms with Crippen LogP contribution in [0.2, 0.25) is 0 Å². The zero-order chi connectivity index (χ0) is 12.5. The van der Waals surface area contributed by atoms with Crippen LogP contribution in [0, 0.1) is 0 Å². The van der Waals surface area contributed by atoms with Crippen LogP contribution in [0.15, 0.2) is 34.9 Å². The largest absolute Gasteiger partial charge is 0.380 e. The Balaban J connectivity index is 2.04. The Hall–Kier alpha value is -1.13. The van der Waals surface area contributed by atoms with Gasteiger partial charge in [-0.05, 0) is 30.7 Å². The highest BCUT2D eigenvalue weighted by molar-refractivity contribution is 9.10. The molecule has 2 heterocycles. The highest BCUT2D eigenvalue weighted by Crippen LogP contribution is 2.30. The summed E-state index contributed by atoms with van der Waals surface area (Å²) in [6.07, 6.45) is 3.32. The molecule has 0 spiro atoms. The molecule has 2 aromatic rings. The van der Waals surface area contributed by atoms with Crippen molar-refractivity contribution in [1.29, 1.82) is 0 Å². The van der Waals surface area contributed by atoms with Crippen molar-refractivity contribution in [1.82, 2.24) is 4.98 Å². The van der Waals surface area contributed by atoms with E-state index in [1.54, 1.807) is 7.11 Å². The number of rotatable bonds is 2. The third-order valence-corrected chi connectivity index (χ3v) is 3.99. The van der Waals surface area contributed by atoms with E-state index in [9.17, 15) is 0 Å². The van der Waals surface area contributed by atoms with Gasteiger partial charge >= 0.3 is 0 Å². The first kappa shape index (κ1) is 11.9. The molecule has 1 aromatic carbocycles. The van der Waals surface area contributed by atoms with Crippen molar-refractivity contribution in [2.24, 2.45) is 0 Å². The number of aromatic nitrogens is 1. The first-order chi connectivity index (χ1) is 8.78. The maximum Gasteiger partial charge on any atom is 0.0762 e. The molecule has 94 valence electrons. The summed E-state index contributed by atoms with van der Waals surface area (Å²) in [5.74, 6) is 0. The average molecular weight is 307 g/mol. The van der Waals surface area contributed by atoms with E-state index in [-0.39, 0.29) is 0 Å². The van der Waals surface area contributed by atoms with Gasteiger partial charge in [0, 0.05) is 41.9 Å². The Morgan fingerprint density at radius 3 is 3.06 bits per heavy atom. The third-order valence-electron chi connectivity index (χ3n) is 3.50. The number of fused-ring (bicyclic) bond motifs is 1. The van der Waals surface area contributed by atoms with Gasteiger partial charge in [0.2, 0.25) is 0 Å². The minimum atomic E-state index is 0.348. The summed E-state index contributed by atoms with van der Waals surface area (Å²) in [6, 6.07) is 8.30. The second-order valence-corrected chi connectivity index (χ2v) is 5.50. The Kier molecular flexibility index (Phi) is 3.22. The lowest BCUT2D eigenvalue weighted by Gasteiger charge is -2.20. The number of ether oxygens (including phenoxy) is 1. The first-order valence-corrected chi connectivity index (χ1v) is 6.89. The zero-order valence-corrected chi connectivity index (χ0v) is 11.9. The van der Waals surface area contributed by atoms with Gasteiger partial charge in [-0.25, -0.2) is 0 Å². The van der Waals surface area contributed by atoms with Gasteiger partial charge in [-0.2, -0.15) is 0 Å². The van der Waals surface area contributed by atoms with Gasteiger partial charge < -0.3 is 9.64 Å². The number of nitrogens with zero attached hydrogens (tertiary/aromatic N) is 2.